The maximum Gasteiger partial charge on any atom is 0.272 e. The lowest BCUT2D eigenvalue weighted by Crippen LogP contribution is -2.28. The predicted molar refractivity (Wildman–Crippen MR) is 114 cm³/mol. The molecule has 1 aromatic heterocycles. The molecule has 1 aromatic carbocycles. The first-order valence-corrected chi connectivity index (χ1v) is 10.7. The molecule has 3 rings (SSSR count). The summed E-state index contributed by atoms with van der Waals surface area (Å²) < 4.78 is 3.44. The average molecular weight is 384 g/mol. The molecule has 0 saturated carbocycles. The van der Waals surface area contributed by atoms with Crippen molar-refractivity contribution in [2.75, 3.05) is 19.6 Å². The molecule has 144 valence electrons. The van der Waals surface area contributed by atoms with Gasteiger partial charge in [0.2, 0.25) is 0 Å². The minimum Gasteiger partial charge on any atom is -0.337 e. The number of rotatable bonds is 7. The van der Waals surface area contributed by atoms with Crippen molar-refractivity contribution in [3.63, 3.8) is 0 Å². The molecule has 1 fully saturated rings. The van der Waals surface area contributed by atoms with Crippen molar-refractivity contribution in [3.8, 4) is 11.1 Å². The number of pyridine rings is 1. The maximum absolute atomic E-state index is 12.6. The Morgan fingerprint density at radius 2 is 1.81 bits per heavy atom. The van der Waals surface area contributed by atoms with Gasteiger partial charge in [0.15, 0.2) is 0 Å². The van der Waals surface area contributed by atoms with Gasteiger partial charge >= 0.3 is 0 Å². The predicted octanol–water partition coefficient (Wildman–Crippen LogP) is 4.73. The summed E-state index contributed by atoms with van der Waals surface area (Å²) in [6.45, 7) is 9.26. The highest BCUT2D eigenvalue weighted by Crippen LogP contribution is 2.24. The van der Waals surface area contributed by atoms with Crippen LogP contribution in [0.15, 0.2) is 42.6 Å². The maximum atomic E-state index is 12.6. The molecule has 1 saturated heterocycles. The van der Waals surface area contributed by atoms with Gasteiger partial charge in [-0.05, 0) is 47.6 Å². The molecule has 0 aliphatic carbocycles. The van der Waals surface area contributed by atoms with Crippen LogP contribution in [0.3, 0.4) is 0 Å². The second kappa shape index (κ2) is 9.38. The van der Waals surface area contributed by atoms with Crippen LogP contribution in [0.1, 0.15) is 55.6 Å². The number of nitrogens with zero attached hydrogens (tertiary/aromatic N) is 2. The summed E-state index contributed by atoms with van der Waals surface area (Å²) >= 11 is 1.78. The van der Waals surface area contributed by atoms with E-state index in [9.17, 15) is 4.79 Å². The van der Waals surface area contributed by atoms with Gasteiger partial charge in [0, 0.05) is 31.1 Å². The summed E-state index contributed by atoms with van der Waals surface area (Å²) in [4.78, 5) is 18.8. The standard InChI is InChI=1S/C22H29N3OS/c1-16(2)27-24-15-17(3)18-6-8-19(9-7-18)20-10-11-23-21(14-20)22(26)25-12-4-5-13-25/h6-11,14,16-17,24H,4-5,12-13,15H2,1-3H3. The SMILES string of the molecule is CC(C)SNCC(C)c1ccc(-c2ccnc(C(=O)N3CCCC3)c2)cc1. The third-order valence-electron chi connectivity index (χ3n) is 4.89. The number of aromatic nitrogens is 1. The van der Waals surface area contributed by atoms with E-state index >= 15 is 0 Å². The first-order valence-electron chi connectivity index (χ1n) is 9.79. The van der Waals surface area contributed by atoms with Crippen LogP contribution in [-0.2, 0) is 0 Å². The van der Waals surface area contributed by atoms with Gasteiger partial charge < -0.3 is 4.90 Å². The molecule has 2 aromatic rings. The number of likely N-dealkylation sites (tertiary alicyclic amines) is 1. The molecule has 1 aliphatic rings. The minimum atomic E-state index is 0.0494. The molecule has 1 unspecified atom stereocenters. The van der Waals surface area contributed by atoms with Gasteiger partial charge in [-0.25, -0.2) is 0 Å². The molecule has 27 heavy (non-hydrogen) atoms. The second-order valence-electron chi connectivity index (χ2n) is 7.47. The van der Waals surface area contributed by atoms with Gasteiger partial charge in [0.1, 0.15) is 5.69 Å². The van der Waals surface area contributed by atoms with E-state index in [0.717, 1.165) is 43.6 Å². The zero-order valence-electron chi connectivity index (χ0n) is 16.4. The van der Waals surface area contributed by atoms with Crippen LogP contribution in [0.5, 0.6) is 0 Å². The number of nitrogens with one attached hydrogen (secondary N) is 1. The fourth-order valence-electron chi connectivity index (χ4n) is 3.27. The van der Waals surface area contributed by atoms with Gasteiger partial charge in [0.25, 0.3) is 5.91 Å². The van der Waals surface area contributed by atoms with Crippen molar-refractivity contribution in [2.24, 2.45) is 0 Å². The molecule has 1 amide bonds. The molecule has 5 heteroatoms. The van der Waals surface area contributed by atoms with Gasteiger partial charge in [-0.3, -0.25) is 14.5 Å². The van der Waals surface area contributed by atoms with Crippen molar-refractivity contribution in [1.82, 2.24) is 14.6 Å². The molecular weight excluding hydrogens is 354 g/mol. The average Bonchev–Trinajstić information content (AvgIpc) is 3.22. The van der Waals surface area contributed by atoms with E-state index in [1.807, 2.05) is 17.0 Å². The van der Waals surface area contributed by atoms with E-state index in [-0.39, 0.29) is 5.91 Å². The summed E-state index contributed by atoms with van der Waals surface area (Å²) in [7, 11) is 0. The summed E-state index contributed by atoms with van der Waals surface area (Å²) in [5.41, 5.74) is 4.02. The number of benzene rings is 1. The van der Waals surface area contributed by atoms with Gasteiger partial charge in [-0.2, -0.15) is 0 Å². The van der Waals surface area contributed by atoms with E-state index < -0.39 is 0 Å². The first-order chi connectivity index (χ1) is 13.0. The van der Waals surface area contributed by atoms with Crippen LogP contribution >= 0.6 is 11.9 Å². The van der Waals surface area contributed by atoms with E-state index in [2.05, 4.69) is 54.7 Å². The van der Waals surface area contributed by atoms with Crippen LogP contribution in [0.25, 0.3) is 11.1 Å². The zero-order chi connectivity index (χ0) is 19.2. The monoisotopic (exact) mass is 383 g/mol. The van der Waals surface area contributed by atoms with Crippen molar-refractivity contribution in [1.29, 1.82) is 0 Å². The molecular formula is C22H29N3OS. The van der Waals surface area contributed by atoms with E-state index in [4.69, 9.17) is 0 Å². The van der Waals surface area contributed by atoms with Gasteiger partial charge in [-0.1, -0.05) is 57.0 Å². The Bertz CT molecular complexity index is 754. The Hall–Kier alpha value is -1.85. The summed E-state index contributed by atoms with van der Waals surface area (Å²) in [6.07, 6.45) is 3.92. The van der Waals surface area contributed by atoms with Crippen LogP contribution in [0.2, 0.25) is 0 Å². The number of hydrogen-bond donors (Lipinski definition) is 1. The third kappa shape index (κ3) is 5.33. The smallest absolute Gasteiger partial charge is 0.272 e. The lowest BCUT2D eigenvalue weighted by Gasteiger charge is -2.16. The van der Waals surface area contributed by atoms with Crippen molar-refractivity contribution < 1.29 is 4.79 Å². The number of carbonyl (C=O) groups excluding carboxylic acids is 1. The molecule has 0 bridgehead atoms. The number of carbonyl (C=O) groups is 1. The molecule has 1 N–H and O–H groups in total. The quantitative estimate of drug-likeness (QED) is 0.702. The summed E-state index contributed by atoms with van der Waals surface area (Å²) in [6, 6.07) is 12.5. The zero-order valence-corrected chi connectivity index (χ0v) is 17.3. The van der Waals surface area contributed by atoms with E-state index in [0.29, 0.717) is 16.9 Å². The highest BCUT2D eigenvalue weighted by Gasteiger charge is 2.20. The molecule has 2 heterocycles. The number of amides is 1. The Balaban J connectivity index is 1.68. The van der Waals surface area contributed by atoms with E-state index in [1.165, 1.54) is 5.56 Å². The summed E-state index contributed by atoms with van der Waals surface area (Å²) in [5, 5.41) is 0.587. The van der Waals surface area contributed by atoms with E-state index in [1.54, 1.807) is 18.1 Å². The number of hydrogen-bond acceptors (Lipinski definition) is 4. The van der Waals surface area contributed by atoms with Crippen LogP contribution in [0, 0.1) is 0 Å². The molecule has 1 atom stereocenters. The Morgan fingerprint density at radius 1 is 1.11 bits per heavy atom. The Kier molecular flexibility index (Phi) is 6.91. The highest BCUT2D eigenvalue weighted by molar-refractivity contribution is 7.97. The minimum absolute atomic E-state index is 0.0494. The topological polar surface area (TPSA) is 45.2 Å². The van der Waals surface area contributed by atoms with Crippen molar-refractivity contribution in [2.45, 2.75) is 44.8 Å². The fourth-order valence-corrected chi connectivity index (χ4v) is 3.95. The van der Waals surface area contributed by atoms with Gasteiger partial charge in [0.05, 0.1) is 0 Å². The lowest BCUT2D eigenvalue weighted by molar-refractivity contribution is 0.0787. The normalized spacial score (nSPS) is 15.3. The Morgan fingerprint density at radius 3 is 2.48 bits per heavy atom. The van der Waals surface area contributed by atoms with Crippen LogP contribution in [-0.4, -0.2) is 40.7 Å². The van der Waals surface area contributed by atoms with Crippen molar-refractivity contribution >= 4 is 17.9 Å². The lowest BCUT2D eigenvalue weighted by atomic mass is 9.98. The first kappa shape index (κ1) is 19.9. The Labute approximate surface area is 166 Å². The van der Waals surface area contributed by atoms with Crippen LogP contribution in [0.4, 0.5) is 0 Å². The largest absolute Gasteiger partial charge is 0.337 e. The van der Waals surface area contributed by atoms with Gasteiger partial charge in [-0.15, -0.1) is 0 Å². The molecule has 0 spiro atoms. The van der Waals surface area contributed by atoms with Crippen LogP contribution < -0.4 is 4.72 Å². The molecule has 0 radical (unpaired) electrons. The highest BCUT2D eigenvalue weighted by atomic mass is 32.2. The fraction of sp³-hybridized carbons (Fsp3) is 0.455. The van der Waals surface area contributed by atoms with Crippen molar-refractivity contribution in [3.05, 3.63) is 53.9 Å². The molecule has 1 aliphatic heterocycles. The summed E-state index contributed by atoms with van der Waals surface area (Å²) in [5.74, 6) is 0.503. The molecule has 4 nitrogen and oxygen atoms in total. The second-order valence-corrected chi connectivity index (χ2v) is 8.93. The third-order valence-corrected chi connectivity index (χ3v) is 5.70.